The topological polar surface area (TPSA) is 44.1 Å². The van der Waals surface area contributed by atoms with E-state index in [1.807, 2.05) is 14.0 Å². The van der Waals surface area contributed by atoms with Gasteiger partial charge in [-0.05, 0) is 18.8 Å². The Morgan fingerprint density at radius 2 is 2.39 bits per heavy atom. The van der Waals surface area contributed by atoms with E-state index in [-0.39, 0.29) is 5.78 Å². The lowest BCUT2D eigenvalue weighted by atomic mass is 9.99. The number of carbonyl (C=O) groups excluding carboxylic acids is 1. The Bertz CT molecular complexity index is 436. The predicted molar refractivity (Wildman–Crippen MR) is 69.9 cm³/mol. The second kappa shape index (κ2) is 5.85. The van der Waals surface area contributed by atoms with Gasteiger partial charge in [-0.25, -0.2) is 0 Å². The molecule has 18 heavy (non-hydrogen) atoms. The summed E-state index contributed by atoms with van der Waals surface area (Å²) in [5, 5.41) is 4.97. The lowest BCUT2D eigenvalue weighted by Crippen LogP contribution is -2.13. The third kappa shape index (κ3) is 2.93. The van der Waals surface area contributed by atoms with E-state index in [4.69, 9.17) is 16.3 Å². The summed E-state index contributed by atoms with van der Waals surface area (Å²) in [6.07, 6.45) is 2.74. The standard InChI is InChI=1S/C13H19ClN2O2/c1-3-11-13(14)12(16(2)15-11)7-10(17)6-9-4-5-18-8-9/h9H,3-8H2,1-2H3. The minimum absolute atomic E-state index is 0.220. The molecule has 0 saturated carbocycles. The highest BCUT2D eigenvalue weighted by atomic mass is 35.5. The van der Waals surface area contributed by atoms with Crippen molar-refractivity contribution in [2.45, 2.75) is 32.6 Å². The second-order valence-electron chi connectivity index (χ2n) is 4.83. The Balaban J connectivity index is 1.99. The quantitative estimate of drug-likeness (QED) is 0.824. The fourth-order valence-corrected chi connectivity index (χ4v) is 2.70. The Kier molecular flexibility index (Phi) is 4.40. The van der Waals surface area contributed by atoms with Crippen molar-refractivity contribution < 1.29 is 9.53 Å². The van der Waals surface area contributed by atoms with Crippen molar-refractivity contribution >= 4 is 17.4 Å². The van der Waals surface area contributed by atoms with Gasteiger partial charge in [0, 0.05) is 33.1 Å². The molecule has 1 fully saturated rings. The maximum atomic E-state index is 12.0. The van der Waals surface area contributed by atoms with Crippen molar-refractivity contribution in [3.63, 3.8) is 0 Å². The first-order valence-corrected chi connectivity index (χ1v) is 6.79. The number of nitrogens with zero attached hydrogens (tertiary/aromatic N) is 2. The third-order valence-corrected chi connectivity index (χ3v) is 3.84. The fourth-order valence-electron chi connectivity index (χ4n) is 2.34. The normalized spacial score (nSPS) is 19.4. The number of Topliss-reactive ketones (excluding diaryl/α,β-unsaturated/α-hetero) is 1. The molecule has 1 unspecified atom stereocenters. The van der Waals surface area contributed by atoms with Gasteiger partial charge in [-0.3, -0.25) is 9.48 Å². The van der Waals surface area contributed by atoms with E-state index in [1.165, 1.54) is 0 Å². The number of aryl methyl sites for hydroxylation is 2. The number of ketones is 1. The molecule has 0 radical (unpaired) electrons. The molecule has 100 valence electrons. The van der Waals surface area contributed by atoms with Gasteiger partial charge in [-0.1, -0.05) is 18.5 Å². The first-order chi connectivity index (χ1) is 8.61. The molecule has 1 atom stereocenters. The lowest BCUT2D eigenvalue weighted by molar-refractivity contribution is -0.119. The first kappa shape index (κ1) is 13.6. The number of rotatable bonds is 5. The van der Waals surface area contributed by atoms with Crippen LogP contribution in [0.4, 0.5) is 0 Å². The van der Waals surface area contributed by atoms with Crippen molar-refractivity contribution in [1.82, 2.24) is 9.78 Å². The van der Waals surface area contributed by atoms with Crippen LogP contribution in [0.3, 0.4) is 0 Å². The molecule has 2 rings (SSSR count). The number of halogens is 1. The second-order valence-corrected chi connectivity index (χ2v) is 5.21. The van der Waals surface area contributed by atoms with Gasteiger partial charge in [0.05, 0.1) is 16.4 Å². The average Bonchev–Trinajstić information content (AvgIpc) is 2.92. The van der Waals surface area contributed by atoms with Crippen LogP contribution in [0.1, 0.15) is 31.2 Å². The van der Waals surface area contributed by atoms with E-state index in [0.29, 0.717) is 30.4 Å². The van der Waals surface area contributed by atoms with Crippen molar-refractivity contribution in [3.05, 3.63) is 16.4 Å². The largest absolute Gasteiger partial charge is 0.381 e. The fraction of sp³-hybridized carbons (Fsp3) is 0.692. The molecule has 5 heteroatoms. The van der Waals surface area contributed by atoms with Crippen LogP contribution < -0.4 is 0 Å². The van der Waals surface area contributed by atoms with Crippen molar-refractivity contribution in [2.75, 3.05) is 13.2 Å². The summed E-state index contributed by atoms with van der Waals surface area (Å²) in [6, 6.07) is 0. The van der Waals surface area contributed by atoms with E-state index in [0.717, 1.165) is 30.8 Å². The van der Waals surface area contributed by atoms with Crippen LogP contribution >= 0.6 is 11.6 Å². The molecule has 4 nitrogen and oxygen atoms in total. The molecule has 1 aromatic rings. The highest BCUT2D eigenvalue weighted by Gasteiger charge is 2.21. The molecule has 0 bridgehead atoms. The zero-order valence-electron chi connectivity index (χ0n) is 10.9. The van der Waals surface area contributed by atoms with Crippen LogP contribution in [0.15, 0.2) is 0 Å². The van der Waals surface area contributed by atoms with Gasteiger partial charge in [0.15, 0.2) is 0 Å². The molecule has 1 aliphatic heterocycles. The Hall–Kier alpha value is -0.870. The zero-order valence-corrected chi connectivity index (χ0v) is 11.7. The molecule has 1 aromatic heterocycles. The zero-order chi connectivity index (χ0) is 13.1. The highest BCUT2D eigenvalue weighted by molar-refractivity contribution is 6.32. The maximum Gasteiger partial charge on any atom is 0.139 e. The van der Waals surface area contributed by atoms with Crippen LogP contribution in [0.25, 0.3) is 0 Å². The summed E-state index contributed by atoms with van der Waals surface area (Å²) in [4.78, 5) is 12.0. The molecule has 2 heterocycles. The van der Waals surface area contributed by atoms with Gasteiger partial charge >= 0.3 is 0 Å². The number of ether oxygens (including phenoxy) is 1. The van der Waals surface area contributed by atoms with Crippen molar-refractivity contribution in [1.29, 1.82) is 0 Å². The van der Waals surface area contributed by atoms with E-state index >= 15 is 0 Å². The summed E-state index contributed by atoms with van der Waals surface area (Å²) in [5.41, 5.74) is 1.70. The monoisotopic (exact) mass is 270 g/mol. The van der Waals surface area contributed by atoms with Crippen molar-refractivity contribution in [3.8, 4) is 0 Å². The molecule has 0 aliphatic carbocycles. The smallest absolute Gasteiger partial charge is 0.139 e. The minimum Gasteiger partial charge on any atom is -0.381 e. The van der Waals surface area contributed by atoms with Crippen LogP contribution in [-0.4, -0.2) is 28.8 Å². The van der Waals surface area contributed by atoms with Gasteiger partial charge in [0.2, 0.25) is 0 Å². The minimum atomic E-state index is 0.220. The van der Waals surface area contributed by atoms with Gasteiger partial charge in [-0.2, -0.15) is 5.10 Å². The first-order valence-electron chi connectivity index (χ1n) is 6.41. The summed E-state index contributed by atoms with van der Waals surface area (Å²) in [7, 11) is 1.84. The lowest BCUT2D eigenvalue weighted by Gasteiger charge is -2.06. The predicted octanol–water partition coefficient (Wildman–Crippen LogP) is 2.17. The van der Waals surface area contributed by atoms with Crippen molar-refractivity contribution in [2.24, 2.45) is 13.0 Å². The van der Waals surface area contributed by atoms with Crippen LogP contribution in [0.2, 0.25) is 5.02 Å². The molecule has 0 N–H and O–H groups in total. The van der Waals surface area contributed by atoms with Crippen LogP contribution in [-0.2, 0) is 29.4 Å². The van der Waals surface area contributed by atoms with Gasteiger partial charge in [0.1, 0.15) is 5.78 Å². The van der Waals surface area contributed by atoms with E-state index < -0.39 is 0 Å². The molecule has 0 amide bonds. The molecule has 1 aliphatic rings. The van der Waals surface area contributed by atoms with Gasteiger partial charge < -0.3 is 4.74 Å². The summed E-state index contributed by atoms with van der Waals surface area (Å²) < 4.78 is 7.01. The molecule has 0 spiro atoms. The molecule has 0 aromatic carbocycles. The summed E-state index contributed by atoms with van der Waals surface area (Å²) in [6.45, 7) is 3.51. The van der Waals surface area contributed by atoms with Gasteiger partial charge in [0.25, 0.3) is 0 Å². The Morgan fingerprint density at radius 3 is 2.94 bits per heavy atom. The molecule has 1 saturated heterocycles. The highest BCUT2D eigenvalue weighted by Crippen LogP contribution is 2.23. The molecular weight excluding hydrogens is 252 g/mol. The van der Waals surface area contributed by atoms with E-state index in [1.54, 1.807) is 4.68 Å². The van der Waals surface area contributed by atoms with E-state index in [2.05, 4.69) is 5.10 Å². The third-order valence-electron chi connectivity index (χ3n) is 3.41. The number of hydrogen-bond donors (Lipinski definition) is 0. The van der Waals surface area contributed by atoms with E-state index in [9.17, 15) is 4.79 Å². The number of carbonyl (C=O) groups is 1. The van der Waals surface area contributed by atoms with Gasteiger partial charge in [-0.15, -0.1) is 0 Å². The number of aromatic nitrogens is 2. The summed E-state index contributed by atoms with van der Waals surface area (Å²) >= 11 is 6.23. The number of hydrogen-bond acceptors (Lipinski definition) is 3. The van der Waals surface area contributed by atoms with Crippen LogP contribution in [0, 0.1) is 5.92 Å². The Morgan fingerprint density at radius 1 is 1.61 bits per heavy atom. The Labute approximate surface area is 112 Å². The average molecular weight is 271 g/mol. The maximum absolute atomic E-state index is 12.0. The SMILES string of the molecule is CCc1nn(C)c(CC(=O)CC2CCOC2)c1Cl. The summed E-state index contributed by atoms with van der Waals surface area (Å²) in [5.74, 6) is 0.605. The van der Waals surface area contributed by atoms with Crippen LogP contribution in [0.5, 0.6) is 0 Å². The molecular formula is C13H19ClN2O2.